The zero-order chi connectivity index (χ0) is 24.1. The molecule has 1 amide bonds. The van der Waals surface area contributed by atoms with Gasteiger partial charge in [0.05, 0.1) is 13.3 Å². The molecular weight excluding hydrogens is 435 g/mol. The van der Waals surface area contributed by atoms with Crippen LogP contribution >= 0.6 is 0 Å². The Kier molecular flexibility index (Phi) is 7.27. The van der Waals surface area contributed by atoms with Crippen LogP contribution in [0.4, 0.5) is 15.8 Å². The monoisotopic (exact) mass is 464 g/mol. The number of methoxy groups -OCH3 is 1. The van der Waals surface area contributed by atoms with Gasteiger partial charge in [0, 0.05) is 55.9 Å². The number of hydrogen-bond acceptors (Lipinski definition) is 5. The second kappa shape index (κ2) is 10.5. The van der Waals surface area contributed by atoms with E-state index >= 15 is 0 Å². The van der Waals surface area contributed by atoms with Crippen molar-refractivity contribution < 1.29 is 13.9 Å². The predicted octanol–water partition coefficient (Wildman–Crippen LogP) is 3.27. The third kappa shape index (κ3) is 5.82. The van der Waals surface area contributed by atoms with Crippen LogP contribution in [0.3, 0.4) is 0 Å². The van der Waals surface area contributed by atoms with E-state index in [1.165, 1.54) is 19.2 Å². The number of amides is 1. The number of anilines is 2. The normalized spacial score (nSPS) is 14.1. The Labute approximate surface area is 198 Å². The molecule has 7 nitrogen and oxygen atoms in total. The molecule has 0 saturated carbocycles. The Bertz CT molecular complexity index is 1200. The summed E-state index contributed by atoms with van der Waals surface area (Å²) in [4.78, 5) is 29.7. The molecule has 1 fully saturated rings. The van der Waals surface area contributed by atoms with Crippen molar-refractivity contribution in [3.05, 3.63) is 88.1 Å². The molecule has 2 heterocycles. The average Bonchev–Trinajstić information content (AvgIpc) is 2.82. The van der Waals surface area contributed by atoms with Crippen molar-refractivity contribution in [1.29, 1.82) is 0 Å². The fourth-order valence-electron chi connectivity index (χ4n) is 4.15. The highest BCUT2D eigenvalue weighted by Crippen LogP contribution is 2.18. The summed E-state index contributed by atoms with van der Waals surface area (Å²) >= 11 is 0. The van der Waals surface area contributed by atoms with Crippen LogP contribution in [0.5, 0.6) is 5.75 Å². The van der Waals surface area contributed by atoms with E-state index in [1.807, 2.05) is 31.2 Å². The third-order valence-electron chi connectivity index (χ3n) is 5.97. The lowest BCUT2D eigenvalue weighted by Crippen LogP contribution is -2.46. The van der Waals surface area contributed by atoms with Gasteiger partial charge in [0.15, 0.2) is 5.75 Å². The zero-order valence-electron chi connectivity index (χ0n) is 19.5. The summed E-state index contributed by atoms with van der Waals surface area (Å²) in [7, 11) is 1.45. The molecule has 0 unspecified atom stereocenters. The number of hydrogen-bond donors (Lipinski definition) is 1. The second-order valence-corrected chi connectivity index (χ2v) is 8.48. The molecule has 1 aliphatic heterocycles. The van der Waals surface area contributed by atoms with E-state index in [-0.39, 0.29) is 29.4 Å². The van der Waals surface area contributed by atoms with Gasteiger partial charge in [-0.2, -0.15) is 0 Å². The van der Waals surface area contributed by atoms with Gasteiger partial charge in [0.1, 0.15) is 12.4 Å². The summed E-state index contributed by atoms with van der Waals surface area (Å²) < 4.78 is 20.2. The zero-order valence-corrected chi connectivity index (χ0v) is 19.5. The molecule has 0 bridgehead atoms. The molecule has 34 heavy (non-hydrogen) atoms. The van der Waals surface area contributed by atoms with Crippen LogP contribution in [0.2, 0.25) is 0 Å². The molecule has 3 aromatic rings. The molecule has 178 valence electrons. The Balaban J connectivity index is 1.45. The molecule has 0 atom stereocenters. The van der Waals surface area contributed by atoms with E-state index in [1.54, 1.807) is 29.0 Å². The standard InChI is InChI=1S/C26H29FN4O3/c1-19-4-3-5-21(14-19)28-26(33)18-31-17-25(34-2)24(32)15-23(31)16-29-10-12-30(13-11-29)22-8-6-20(27)7-9-22/h3-9,14-15,17H,10-13,16,18H2,1-2H3,(H,28,33). The van der Waals surface area contributed by atoms with E-state index in [0.29, 0.717) is 6.54 Å². The minimum atomic E-state index is -0.244. The van der Waals surface area contributed by atoms with Gasteiger partial charge in [0.25, 0.3) is 0 Å². The Hall–Kier alpha value is -3.65. The number of carbonyl (C=O) groups excluding carboxylic acids is 1. The summed E-state index contributed by atoms with van der Waals surface area (Å²) in [5.41, 5.74) is 3.33. The first-order chi connectivity index (χ1) is 16.4. The van der Waals surface area contributed by atoms with Gasteiger partial charge in [0.2, 0.25) is 11.3 Å². The van der Waals surface area contributed by atoms with Crippen molar-refractivity contribution in [3.63, 3.8) is 0 Å². The summed E-state index contributed by atoms with van der Waals surface area (Å²) in [6.07, 6.45) is 1.60. The molecule has 0 spiro atoms. The van der Waals surface area contributed by atoms with Crippen LogP contribution in [0.1, 0.15) is 11.3 Å². The highest BCUT2D eigenvalue weighted by molar-refractivity contribution is 5.90. The lowest BCUT2D eigenvalue weighted by molar-refractivity contribution is -0.116. The number of aryl methyl sites for hydroxylation is 1. The molecule has 0 aliphatic carbocycles. The maximum absolute atomic E-state index is 13.2. The summed E-state index contributed by atoms with van der Waals surface area (Å²) in [5, 5.41) is 2.92. The van der Waals surface area contributed by atoms with Crippen molar-refractivity contribution in [2.75, 3.05) is 43.5 Å². The largest absolute Gasteiger partial charge is 0.491 e. The fraction of sp³-hybridized carbons (Fsp3) is 0.308. The molecule has 1 saturated heterocycles. The average molecular weight is 465 g/mol. The Morgan fingerprint density at radius 2 is 1.79 bits per heavy atom. The van der Waals surface area contributed by atoms with Gasteiger partial charge >= 0.3 is 0 Å². The predicted molar refractivity (Wildman–Crippen MR) is 131 cm³/mol. The van der Waals surface area contributed by atoms with Crippen LogP contribution < -0.4 is 20.4 Å². The topological polar surface area (TPSA) is 66.8 Å². The van der Waals surface area contributed by atoms with Gasteiger partial charge in [-0.05, 0) is 48.9 Å². The maximum Gasteiger partial charge on any atom is 0.244 e. The highest BCUT2D eigenvalue weighted by Gasteiger charge is 2.20. The smallest absolute Gasteiger partial charge is 0.244 e. The molecule has 1 N–H and O–H groups in total. The van der Waals surface area contributed by atoms with Gasteiger partial charge < -0.3 is 19.5 Å². The first kappa shape index (κ1) is 23.5. The van der Waals surface area contributed by atoms with E-state index in [2.05, 4.69) is 15.1 Å². The maximum atomic E-state index is 13.2. The van der Waals surface area contributed by atoms with E-state index in [0.717, 1.165) is 48.8 Å². The molecule has 4 rings (SSSR count). The van der Waals surface area contributed by atoms with E-state index in [4.69, 9.17) is 4.74 Å². The van der Waals surface area contributed by atoms with Crippen LogP contribution in [0, 0.1) is 12.7 Å². The Morgan fingerprint density at radius 3 is 2.47 bits per heavy atom. The summed E-state index contributed by atoms with van der Waals surface area (Å²) in [6.45, 7) is 5.72. The first-order valence-electron chi connectivity index (χ1n) is 11.3. The van der Waals surface area contributed by atoms with E-state index in [9.17, 15) is 14.0 Å². The number of nitrogens with zero attached hydrogens (tertiary/aromatic N) is 3. The fourth-order valence-corrected chi connectivity index (χ4v) is 4.15. The minimum Gasteiger partial charge on any atom is -0.491 e. The van der Waals surface area contributed by atoms with Gasteiger partial charge in [-0.1, -0.05) is 12.1 Å². The van der Waals surface area contributed by atoms with Crippen molar-refractivity contribution in [2.45, 2.75) is 20.0 Å². The van der Waals surface area contributed by atoms with Crippen molar-refractivity contribution in [3.8, 4) is 5.75 Å². The van der Waals surface area contributed by atoms with Crippen LogP contribution in [0.25, 0.3) is 0 Å². The quantitative estimate of drug-likeness (QED) is 0.582. The lowest BCUT2D eigenvalue weighted by atomic mass is 10.2. The molecule has 1 aliphatic rings. The lowest BCUT2D eigenvalue weighted by Gasteiger charge is -2.36. The van der Waals surface area contributed by atoms with Crippen molar-refractivity contribution >= 4 is 17.3 Å². The number of ether oxygens (including phenoxy) is 1. The van der Waals surface area contributed by atoms with Crippen LogP contribution in [-0.2, 0) is 17.9 Å². The molecule has 2 aromatic carbocycles. The van der Waals surface area contributed by atoms with Crippen LogP contribution in [0.15, 0.2) is 65.6 Å². The number of benzene rings is 2. The molecule has 8 heteroatoms. The number of rotatable bonds is 7. The number of nitrogens with one attached hydrogen (secondary N) is 1. The summed E-state index contributed by atoms with van der Waals surface area (Å²) in [6, 6.07) is 15.7. The van der Waals surface area contributed by atoms with E-state index < -0.39 is 0 Å². The van der Waals surface area contributed by atoms with Crippen LogP contribution in [-0.4, -0.2) is 48.7 Å². The molecule has 0 radical (unpaired) electrons. The molecule has 1 aromatic heterocycles. The van der Waals surface area contributed by atoms with Crippen molar-refractivity contribution in [1.82, 2.24) is 9.47 Å². The number of halogens is 1. The number of piperazine rings is 1. The van der Waals surface area contributed by atoms with Gasteiger partial charge in [-0.15, -0.1) is 0 Å². The van der Waals surface area contributed by atoms with Crippen molar-refractivity contribution in [2.24, 2.45) is 0 Å². The second-order valence-electron chi connectivity index (χ2n) is 8.48. The number of aromatic nitrogens is 1. The molecular formula is C26H29FN4O3. The SMILES string of the molecule is COc1cn(CC(=O)Nc2cccc(C)c2)c(CN2CCN(c3ccc(F)cc3)CC2)cc1=O. The summed E-state index contributed by atoms with van der Waals surface area (Å²) in [5.74, 6) is -0.224. The first-order valence-corrected chi connectivity index (χ1v) is 11.3. The van der Waals surface area contributed by atoms with Gasteiger partial charge in [-0.3, -0.25) is 14.5 Å². The van der Waals surface area contributed by atoms with Gasteiger partial charge in [-0.25, -0.2) is 4.39 Å². The number of pyridine rings is 1. The minimum absolute atomic E-state index is 0.0649. The Morgan fingerprint density at radius 1 is 1.06 bits per heavy atom. The highest BCUT2D eigenvalue weighted by atomic mass is 19.1. The number of carbonyl (C=O) groups is 1. The third-order valence-corrected chi connectivity index (χ3v) is 5.97.